The Balaban J connectivity index is 1.97. The Kier molecular flexibility index (Phi) is 1.82. The Morgan fingerprint density at radius 2 is 2.33 bits per heavy atom. The van der Waals surface area contributed by atoms with Gasteiger partial charge in [0.05, 0.1) is 4.88 Å². The van der Waals surface area contributed by atoms with Crippen LogP contribution in [0.3, 0.4) is 0 Å². The minimum atomic E-state index is 0.504. The van der Waals surface area contributed by atoms with E-state index in [1.54, 1.807) is 11.3 Å². The molecule has 2 N–H and O–H groups in total. The van der Waals surface area contributed by atoms with Gasteiger partial charge in [0.25, 0.3) is 0 Å². The molecule has 0 atom stereocenters. The summed E-state index contributed by atoms with van der Waals surface area (Å²) in [7, 11) is 0. The molecule has 4 nitrogen and oxygen atoms in total. The van der Waals surface area contributed by atoms with Gasteiger partial charge in [-0.25, -0.2) is 0 Å². The second kappa shape index (κ2) is 3.06. The Morgan fingerprint density at radius 3 is 2.93 bits per heavy atom. The van der Waals surface area contributed by atoms with Crippen LogP contribution in [0.15, 0.2) is 10.6 Å². The number of aromatic nitrogens is 2. The van der Waals surface area contributed by atoms with E-state index in [-0.39, 0.29) is 0 Å². The number of rotatable bonds is 2. The lowest BCUT2D eigenvalue weighted by atomic mass is 10.3. The fourth-order valence-electron chi connectivity index (χ4n) is 1.44. The number of thiophene rings is 1. The van der Waals surface area contributed by atoms with Crippen molar-refractivity contribution < 1.29 is 4.52 Å². The van der Waals surface area contributed by atoms with Gasteiger partial charge in [0.1, 0.15) is 0 Å². The molecule has 1 fully saturated rings. The summed E-state index contributed by atoms with van der Waals surface area (Å²) in [6.07, 6.45) is 2.35. The van der Waals surface area contributed by atoms with Crippen molar-refractivity contribution in [1.82, 2.24) is 10.1 Å². The lowest BCUT2D eigenvalue weighted by Gasteiger charge is -1.83. The summed E-state index contributed by atoms with van der Waals surface area (Å²) in [5.74, 6) is 1.95. The van der Waals surface area contributed by atoms with Gasteiger partial charge in [-0.15, -0.1) is 11.3 Å². The third-order valence-electron chi connectivity index (χ3n) is 2.54. The monoisotopic (exact) mass is 221 g/mol. The van der Waals surface area contributed by atoms with E-state index in [0.29, 0.717) is 11.7 Å². The van der Waals surface area contributed by atoms with Crippen molar-refractivity contribution in [3.63, 3.8) is 0 Å². The zero-order chi connectivity index (χ0) is 10.4. The molecule has 5 heteroatoms. The molecule has 0 spiro atoms. The van der Waals surface area contributed by atoms with Crippen LogP contribution in [0.2, 0.25) is 0 Å². The van der Waals surface area contributed by atoms with Crippen molar-refractivity contribution in [3.8, 4) is 10.7 Å². The molecule has 1 saturated carbocycles. The van der Waals surface area contributed by atoms with E-state index in [0.717, 1.165) is 21.3 Å². The predicted molar refractivity (Wildman–Crippen MR) is 58.7 cm³/mol. The van der Waals surface area contributed by atoms with Gasteiger partial charge in [0, 0.05) is 16.5 Å². The van der Waals surface area contributed by atoms with Crippen LogP contribution in [0.25, 0.3) is 10.7 Å². The second-order valence-electron chi connectivity index (χ2n) is 3.85. The Labute approximate surface area is 91.1 Å². The van der Waals surface area contributed by atoms with Gasteiger partial charge in [-0.05, 0) is 25.8 Å². The number of hydrogen-bond donors (Lipinski definition) is 1. The molecule has 0 amide bonds. The summed E-state index contributed by atoms with van der Waals surface area (Å²) >= 11 is 1.60. The topological polar surface area (TPSA) is 64.9 Å². The highest BCUT2D eigenvalue weighted by Gasteiger charge is 2.30. The maximum Gasteiger partial charge on any atom is 0.230 e. The first-order valence-electron chi connectivity index (χ1n) is 4.94. The van der Waals surface area contributed by atoms with Crippen LogP contribution in [0.5, 0.6) is 0 Å². The Morgan fingerprint density at radius 1 is 1.53 bits per heavy atom. The van der Waals surface area contributed by atoms with Gasteiger partial charge in [0.2, 0.25) is 11.7 Å². The van der Waals surface area contributed by atoms with E-state index in [1.165, 1.54) is 12.8 Å². The average molecular weight is 221 g/mol. The molecule has 0 radical (unpaired) electrons. The molecule has 0 aromatic carbocycles. The molecular weight excluding hydrogens is 210 g/mol. The number of nitrogens with two attached hydrogens (primary N) is 1. The van der Waals surface area contributed by atoms with E-state index in [4.69, 9.17) is 10.3 Å². The molecule has 0 bridgehead atoms. The van der Waals surface area contributed by atoms with Gasteiger partial charge in [0.15, 0.2) is 0 Å². The van der Waals surface area contributed by atoms with Crippen molar-refractivity contribution in [3.05, 3.63) is 16.8 Å². The number of anilines is 1. The molecule has 1 aliphatic rings. The van der Waals surface area contributed by atoms with Gasteiger partial charge < -0.3 is 10.3 Å². The number of nitrogen functional groups attached to an aromatic ring is 1. The van der Waals surface area contributed by atoms with Gasteiger partial charge in [-0.1, -0.05) is 5.16 Å². The third kappa shape index (κ3) is 1.52. The summed E-state index contributed by atoms with van der Waals surface area (Å²) in [6, 6.07) is 1.90. The largest absolute Gasteiger partial charge is 0.398 e. The van der Waals surface area contributed by atoms with E-state index >= 15 is 0 Å². The van der Waals surface area contributed by atoms with Crippen LogP contribution < -0.4 is 5.73 Å². The molecule has 2 aromatic heterocycles. The second-order valence-corrected chi connectivity index (χ2v) is 5.11. The first-order valence-corrected chi connectivity index (χ1v) is 5.75. The highest BCUT2D eigenvalue weighted by molar-refractivity contribution is 7.15. The van der Waals surface area contributed by atoms with Crippen LogP contribution in [-0.2, 0) is 0 Å². The lowest BCUT2D eigenvalue weighted by molar-refractivity contribution is 0.380. The van der Waals surface area contributed by atoms with E-state index < -0.39 is 0 Å². The zero-order valence-electron chi connectivity index (χ0n) is 8.36. The van der Waals surface area contributed by atoms with Crippen LogP contribution >= 0.6 is 11.3 Å². The average Bonchev–Trinajstić information content (AvgIpc) is 2.85. The molecule has 0 aliphatic heterocycles. The standard InChI is InChI=1S/C10H11N3OS/c1-5-7(11)4-8(15-5)9-12-10(14-13-9)6-2-3-6/h4,6H,2-3,11H2,1H3. The van der Waals surface area contributed by atoms with Crippen molar-refractivity contribution in [2.75, 3.05) is 5.73 Å². The predicted octanol–water partition coefficient (Wildman–Crippen LogP) is 2.57. The van der Waals surface area contributed by atoms with Gasteiger partial charge in [-0.2, -0.15) is 4.98 Å². The van der Waals surface area contributed by atoms with Crippen LogP contribution in [0.1, 0.15) is 29.5 Å². The lowest BCUT2D eigenvalue weighted by Crippen LogP contribution is -1.81. The number of hydrogen-bond acceptors (Lipinski definition) is 5. The minimum Gasteiger partial charge on any atom is -0.398 e. The van der Waals surface area contributed by atoms with Gasteiger partial charge >= 0.3 is 0 Å². The fraction of sp³-hybridized carbons (Fsp3) is 0.400. The molecular formula is C10H11N3OS. The van der Waals surface area contributed by atoms with Crippen molar-refractivity contribution in [2.24, 2.45) is 0 Å². The molecule has 15 heavy (non-hydrogen) atoms. The maximum absolute atomic E-state index is 5.78. The molecule has 1 aliphatic carbocycles. The van der Waals surface area contributed by atoms with Crippen molar-refractivity contribution >= 4 is 17.0 Å². The fourth-order valence-corrected chi connectivity index (χ4v) is 2.30. The highest BCUT2D eigenvalue weighted by Crippen LogP contribution is 2.40. The van der Waals surface area contributed by atoms with E-state index in [9.17, 15) is 0 Å². The van der Waals surface area contributed by atoms with Crippen LogP contribution in [-0.4, -0.2) is 10.1 Å². The molecule has 0 unspecified atom stereocenters. The van der Waals surface area contributed by atoms with Crippen molar-refractivity contribution in [2.45, 2.75) is 25.7 Å². The first-order chi connectivity index (χ1) is 7.24. The summed E-state index contributed by atoms with van der Waals surface area (Å²) in [5, 5.41) is 3.97. The molecule has 2 aromatic rings. The van der Waals surface area contributed by atoms with E-state index in [1.807, 2.05) is 13.0 Å². The highest BCUT2D eigenvalue weighted by atomic mass is 32.1. The summed E-state index contributed by atoms with van der Waals surface area (Å²) in [5.41, 5.74) is 6.58. The van der Waals surface area contributed by atoms with Crippen molar-refractivity contribution in [1.29, 1.82) is 0 Å². The molecule has 0 saturated heterocycles. The molecule has 3 rings (SSSR count). The normalized spacial score (nSPS) is 15.8. The number of nitrogens with zero attached hydrogens (tertiary/aromatic N) is 2. The maximum atomic E-state index is 5.78. The summed E-state index contributed by atoms with van der Waals surface area (Å²) in [4.78, 5) is 6.46. The quantitative estimate of drug-likeness (QED) is 0.846. The van der Waals surface area contributed by atoms with Gasteiger partial charge in [-0.3, -0.25) is 0 Å². The smallest absolute Gasteiger partial charge is 0.230 e. The summed E-state index contributed by atoms with van der Waals surface area (Å²) < 4.78 is 5.20. The molecule has 78 valence electrons. The van der Waals surface area contributed by atoms with Crippen LogP contribution in [0, 0.1) is 6.92 Å². The third-order valence-corrected chi connectivity index (χ3v) is 3.61. The Hall–Kier alpha value is -1.36. The zero-order valence-corrected chi connectivity index (χ0v) is 9.17. The number of aryl methyl sites for hydroxylation is 1. The minimum absolute atomic E-state index is 0.504. The van der Waals surface area contributed by atoms with Crippen LogP contribution in [0.4, 0.5) is 5.69 Å². The SMILES string of the molecule is Cc1sc(-c2noc(C3CC3)n2)cc1N. The van der Waals surface area contributed by atoms with E-state index in [2.05, 4.69) is 10.1 Å². The Bertz CT molecular complexity index is 479. The summed E-state index contributed by atoms with van der Waals surface area (Å²) in [6.45, 7) is 1.99. The molecule has 2 heterocycles. The first kappa shape index (κ1) is 8.91.